The number of carbonyl (C=O) groups excluding carboxylic acids is 1. The summed E-state index contributed by atoms with van der Waals surface area (Å²) >= 11 is 0. The Morgan fingerprint density at radius 3 is 2.83 bits per heavy atom. The SMILES string of the molecule is CN=C1NCCC2SSCC(C3CC(OC(C)=O)CC(c4cc(O)c(O)c(OCCc5cccnc5)c4)O3)Cc3ccc(O)c(c3)OC3CCCC2(C3)N1. The minimum absolute atomic E-state index is 0.0117. The van der Waals surface area contributed by atoms with Gasteiger partial charge in [-0.1, -0.05) is 33.7 Å². The Labute approximate surface area is 324 Å². The van der Waals surface area contributed by atoms with Gasteiger partial charge in [-0.3, -0.25) is 14.8 Å². The lowest BCUT2D eigenvalue weighted by Crippen LogP contribution is -2.59. The molecule has 5 N–H and O–H groups in total. The second kappa shape index (κ2) is 17.2. The third-order valence-corrected chi connectivity index (χ3v) is 14.1. The lowest BCUT2D eigenvalue weighted by Gasteiger charge is -2.45. The molecule has 3 aliphatic heterocycles. The Kier molecular flexibility index (Phi) is 12.2. The smallest absolute Gasteiger partial charge is 0.302 e. The van der Waals surface area contributed by atoms with Gasteiger partial charge in [0.1, 0.15) is 12.2 Å². The first-order chi connectivity index (χ1) is 26.2. The van der Waals surface area contributed by atoms with Gasteiger partial charge in [0.15, 0.2) is 29.0 Å². The molecule has 14 heteroatoms. The Balaban J connectivity index is 1.17. The summed E-state index contributed by atoms with van der Waals surface area (Å²) in [6.45, 7) is 2.49. The molecule has 0 amide bonds. The third kappa shape index (κ3) is 9.09. The van der Waals surface area contributed by atoms with Gasteiger partial charge in [0.2, 0.25) is 5.75 Å². The molecule has 290 valence electrons. The number of fused-ring (bicyclic) bond motifs is 3. The van der Waals surface area contributed by atoms with E-state index in [1.54, 1.807) is 31.6 Å². The first kappa shape index (κ1) is 38.3. The molecule has 4 bridgehead atoms. The van der Waals surface area contributed by atoms with Crippen LogP contribution in [0.5, 0.6) is 28.7 Å². The third-order valence-electron chi connectivity index (χ3n) is 10.9. The Morgan fingerprint density at radius 2 is 2.02 bits per heavy atom. The van der Waals surface area contributed by atoms with E-state index in [0.29, 0.717) is 37.0 Å². The molecule has 7 rings (SSSR count). The Bertz CT molecular complexity index is 1800. The normalized spacial score (nSPS) is 29.3. The molecule has 1 aliphatic carbocycles. The molecule has 2 saturated heterocycles. The fraction of sp³-hybridized carbons (Fsp3) is 0.525. The van der Waals surface area contributed by atoms with Gasteiger partial charge in [0.25, 0.3) is 0 Å². The monoisotopic (exact) mass is 778 g/mol. The maximum atomic E-state index is 12.3. The number of pyridine rings is 1. The van der Waals surface area contributed by atoms with Crippen LogP contribution in [0.15, 0.2) is 59.9 Å². The molecule has 4 aliphatic rings. The van der Waals surface area contributed by atoms with Crippen molar-refractivity contribution in [2.24, 2.45) is 10.9 Å². The maximum Gasteiger partial charge on any atom is 0.302 e. The fourth-order valence-corrected chi connectivity index (χ4v) is 11.8. The van der Waals surface area contributed by atoms with Crippen molar-refractivity contribution in [3.63, 3.8) is 0 Å². The van der Waals surface area contributed by atoms with Crippen LogP contribution >= 0.6 is 21.6 Å². The number of phenolic OH excluding ortho intramolecular Hbond substituents is 3. The topological polar surface area (TPSA) is 164 Å². The van der Waals surface area contributed by atoms with Crippen molar-refractivity contribution in [1.82, 2.24) is 15.6 Å². The van der Waals surface area contributed by atoms with Crippen LogP contribution in [0, 0.1) is 5.92 Å². The second-order valence-electron chi connectivity index (χ2n) is 14.8. The number of carbonyl (C=O) groups is 1. The van der Waals surface area contributed by atoms with E-state index in [1.807, 2.05) is 45.9 Å². The first-order valence-electron chi connectivity index (χ1n) is 18.8. The lowest BCUT2D eigenvalue weighted by molar-refractivity contribution is -0.163. The quantitative estimate of drug-likeness (QED) is 0.104. The van der Waals surface area contributed by atoms with Gasteiger partial charge in [-0.15, -0.1) is 0 Å². The van der Waals surface area contributed by atoms with Crippen LogP contribution < -0.4 is 20.1 Å². The number of aromatic hydroxyl groups is 3. The summed E-state index contributed by atoms with van der Waals surface area (Å²) in [5, 5.41) is 40.0. The molecule has 7 atom stereocenters. The molecular weight excluding hydrogens is 729 g/mol. The summed E-state index contributed by atoms with van der Waals surface area (Å²) in [6.07, 6.45) is 8.86. The zero-order valence-electron chi connectivity index (χ0n) is 30.7. The van der Waals surface area contributed by atoms with E-state index in [4.69, 9.17) is 18.9 Å². The highest BCUT2D eigenvalue weighted by Crippen LogP contribution is 2.48. The first-order valence-corrected chi connectivity index (χ1v) is 21.2. The van der Waals surface area contributed by atoms with Gasteiger partial charge < -0.3 is 44.9 Å². The number of hydrogen-bond donors (Lipinski definition) is 5. The van der Waals surface area contributed by atoms with E-state index in [0.717, 1.165) is 61.5 Å². The number of nitrogens with one attached hydrogen (secondary N) is 2. The Morgan fingerprint density at radius 1 is 1.13 bits per heavy atom. The molecule has 12 nitrogen and oxygen atoms in total. The predicted molar refractivity (Wildman–Crippen MR) is 209 cm³/mol. The van der Waals surface area contributed by atoms with E-state index in [1.165, 1.54) is 13.0 Å². The molecule has 3 aromatic rings. The van der Waals surface area contributed by atoms with Crippen molar-refractivity contribution in [3.05, 3.63) is 71.5 Å². The summed E-state index contributed by atoms with van der Waals surface area (Å²) in [5.41, 5.74) is 2.39. The molecule has 54 heavy (non-hydrogen) atoms. The molecule has 3 fully saturated rings. The number of aromatic nitrogens is 1. The second-order valence-corrected chi connectivity index (χ2v) is 17.4. The number of esters is 1. The molecule has 0 radical (unpaired) electrons. The summed E-state index contributed by atoms with van der Waals surface area (Å²) < 4.78 is 25.4. The van der Waals surface area contributed by atoms with Crippen LogP contribution in [-0.4, -0.2) is 87.3 Å². The van der Waals surface area contributed by atoms with Crippen LogP contribution in [0.25, 0.3) is 0 Å². The molecule has 2 aromatic carbocycles. The highest BCUT2D eigenvalue weighted by Gasteiger charge is 2.46. The van der Waals surface area contributed by atoms with Crippen molar-refractivity contribution in [2.75, 3.05) is 26.0 Å². The highest BCUT2D eigenvalue weighted by atomic mass is 33.1. The summed E-state index contributed by atoms with van der Waals surface area (Å²) in [5.74, 6) is 1.27. The van der Waals surface area contributed by atoms with Crippen LogP contribution in [-0.2, 0) is 27.1 Å². The van der Waals surface area contributed by atoms with Gasteiger partial charge >= 0.3 is 5.97 Å². The number of benzene rings is 2. The lowest BCUT2D eigenvalue weighted by atomic mass is 9.77. The van der Waals surface area contributed by atoms with Crippen molar-refractivity contribution in [3.8, 4) is 28.7 Å². The van der Waals surface area contributed by atoms with Gasteiger partial charge in [-0.2, -0.15) is 0 Å². The molecule has 1 saturated carbocycles. The number of nitrogens with zero attached hydrogens (tertiary/aromatic N) is 2. The van der Waals surface area contributed by atoms with Gasteiger partial charge in [0.05, 0.1) is 24.4 Å². The largest absolute Gasteiger partial charge is 0.504 e. The average Bonchev–Trinajstić information content (AvgIpc) is 3.32. The molecule has 7 unspecified atom stereocenters. The minimum atomic E-state index is -0.548. The van der Waals surface area contributed by atoms with Crippen molar-refractivity contribution in [2.45, 2.75) is 99.9 Å². The van der Waals surface area contributed by atoms with E-state index in [-0.39, 0.29) is 64.5 Å². The van der Waals surface area contributed by atoms with Crippen molar-refractivity contribution in [1.29, 1.82) is 0 Å². The molecule has 1 aromatic heterocycles. The summed E-state index contributed by atoms with van der Waals surface area (Å²) in [7, 11) is 5.56. The number of guanidine groups is 1. The number of hydrogen-bond acceptors (Lipinski definition) is 12. The van der Waals surface area contributed by atoms with Gasteiger partial charge in [0, 0.05) is 69.6 Å². The zero-order valence-corrected chi connectivity index (χ0v) is 32.4. The van der Waals surface area contributed by atoms with Crippen LogP contribution in [0.2, 0.25) is 0 Å². The van der Waals surface area contributed by atoms with Crippen molar-refractivity contribution < 1.29 is 39.1 Å². The van der Waals surface area contributed by atoms with Crippen molar-refractivity contribution >= 4 is 33.5 Å². The van der Waals surface area contributed by atoms with Crippen LogP contribution in [0.4, 0.5) is 0 Å². The molecule has 4 heterocycles. The number of phenols is 3. The van der Waals surface area contributed by atoms with E-state index < -0.39 is 12.2 Å². The number of rotatable bonds is 7. The maximum absolute atomic E-state index is 12.3. The van der Waals surface area contributed by atoms with Crippen LogP contribution in [0.1, 0.15) is 74.7 Å². The average molecular weight is 779 g/mol. The fourth-order valence-electron chi connectivity index (χ4n) is 8.26. The Hall–Kier alpha value is -4.01. The number of aliphatic imine (C=N–C) groups is 1. The molecular formula is C40H50N4O8S2. The van der Waals surface area contributed by atoms with E-state index in [9.17, 15) is 20.1 Å². The van der Waals surface area contributed by atoms with E-state index in [2.05, 4.69) is 20.6 Å². The minimum Gasteiger partial charge on any atom is -0.504 e. The summed E-state index contributed by atoms with van der Waals surface area (Å²) in [6, 6.07) is 12.6. The van der Waals surface area contributed by atoms with Gasteiger partial charge in [-0.25, -0.2) is 0 Å². The standard InChI is InChI=1S/C40H50N4O8S2/c1-24(45)50-30-19-33(27-17-32(47)38(48)36(18-27)49-14-10-25-5-4-12-42-22-25)52-34(20-30)28-15-26-7-8-31(46)35(16-26)51-29-6-3-11-40(21-29)37(54-53-23-28)9-13-43-39(41-2)44-40/h4-5,7-8,12,16-18,22,28-30,33-34,37,46-48H,3,6,9-11,13-15,19-21,23H2,1-2H3,(H2,41,43,44). The van der Waals surface area contributed by atoms with E-state index >= 15 is 0 Å². The summed E-state index contributed by atoms with van der Waals surface area (Å²) in [4.78, 5) is 21.0. The molecule has 1 spiro atoms. The zero-order chi connectivity index (χ0) is 37.7. The van der Waals surface area contributed by atoms with Gasteiger partial charge in [-0.05, 0) is 85.0 Å². The van der Waals surface area contributed by atoms with Crippen LogP contribution in [0.3, 0.4) is 0 Å². The number of ether oxygens (including phenoxy) is 4. The highest BCUT2D eigenvalue weighted by molar-refractivity contribution is 8.77. The predicted octanol–water partition coefficient (Wildman–Crippen LogP) is 6.22.